The fourth-order valence-corrected chi connectivity index (χ4v) is 1.20. The number of rotatable bonds is 5. The molecule has 0 aromatic heterocycles. The Kier molecular flexibility index (Phi) is 3.24. The van der Waals surface area contributed by atoms with E-state index in [0.717, 1.165) is 12.8 Å². The van der Waals surface area contributed by atoms with Crippen LogP contribution in [0.4, 0.5) is 5.69 Å². The van der Waals surface area contributed by atoms with Gasteiger partial charge in [0.05, 0.1) is 6.17 Å². The predicted molar refractivity (Wildman–Crippen MR) is 54.1 cm³/mol. The Bertz CT molecular complexity index is 379. The van der Waals surface area contributed by atoms with Crippen LogP contribution in [-0.4, -0.2) is 11.3 Å². The van der Waals surface area contributed by atoms with Gasteiger partial charge in [-0.05, 0) is 6.42 Å². The first-order valence-corrected chi connectivity index (χ1v) is 4.62. The molecule has 5 heteroatoms. The Morgan fingerprint density at radius 3 is 2.57 bits per heavy atom. The topological polar surface area (TPSA) is 92.4 Å². The Morgan fingerprint density at radius 2 is 2.07 bits per heavy atom. The van der Waals surface area contributed by atoms with Crippen molar-refractivity contribution in [1.82, 2.24) is 0 Å². The molecular weight excluding hydrogens is 184 g/mol. The van der Waals surface area contributed by atoms with Gasteiger partial charge in [0.2, 0.25) is 0 Å². The third kappa shape index (κ3) is 1.93. The molecule has 1 rings (SSSR count). The molecule has 0 aliphatic carbocycles. The Morgan fingerprint density at radius 1 is 1.43 bits per heavy atom. The van der Waals surface area contributed by atoms with E-state index in [2.05, 4.69) is 5.32 Å². The minimum atomic E-state index is -0.838. The van der Waals surface area contributed by atoms with Crippen LogP contribution in [0.5, 0.6) is 5.75 Å². The lowest BCUT2D eigenvalue weighted by Crippen LogP contribution is -2.39. The zero-order valence-corrected chi connectivity index (χ0v) is 8.04. The van der Waals surface area contributed by atoms with Crippen LogP contribution in [0.2, 0.25) is 0 Å². The standard InChI is InChI=1S/C9H14N2O3/c1-2-3-4-5(10)11-6-7(12)9(14)8(6)13/h5,11-12H,2-4,10H2,1H3. The van der Waals surface area contributed by atoms with Crippen molar-refractivity contribution in [3.63, 3.8) is 0 Å². The van der Waals surface area contributed by atoms with E-state index < -0.39 is 16.6 Å². The van der Waals surface area contributed by atoms with Crippen molar-refractivity contribution in [2.24, 2.45) is 5.73 Å². The second-order valence-electron chi connectivity index (χ2n) is 3.27. The lowest BCUT2D eigenvalue weighted by Gasteiger charge is -2.15. The Labute approximate surface area is 81.2 Å². The smallest absolute Gasteiger partial charge is 0.271 e. The van der Waals surface area contributed by atoms with E-state index in [4.69, 9.17) is 10.8 Å². The van der Waals surface area contributed by atoms with Crippen molar-refractivity contribution in [3.05, 3.63) is 20.4 Å². The molecule has 0 fully saturated rings. The average Bonchev–Trinajstić information content (AvgIpc) is 2.21. The fraction of sp³-hybridized carbons (Fsp3) is 0.556. The zero-order valence-electron chi connectivity index (χ0n) is 8.04. The summed E-state index contributed by atoms with van der Waals surface area (Å²) in [5.41, 5.74) is 4.05. The second-order valence-corrected chi connectivity index (χ2v) is 3.27. The first kappa shape index (κ1) is 10.7. The van der Waals surface area contributed by atoms with Crippen molar-refractivity contribution in [2.75, 3.05) is 5.32 Å². The van der Waals surface area contributed by atoms with Crippen molar-refractivity contribution < 1.29 is 5.11 Å². The predicted octanol–water partition coefficient (Wildman–Crippen LogP) is -0.125. The van der Waals surface area contributed by atoms with Crippen molar-refractivity contribution in [1.29, 1.82) is 0 Å². The zero-order chi connectivity index (χ0) is 10.7. The molecule has 1 aromatic rings. The summed E-state index contributed by atoms with van der Waals surface area (Å²) in [6, 6.07) is 0. The lowest BCUT2D eigenvalue weighted by atomic mass is 10.2. The summed E-state index contributed by atoms with van der Waals surface area (Å²) in [7, 11) is 0. The third-order valence-corrected chi connectivity index (χ3v) is 2.08. The summed E-state index contributed by atoms with van der Waals surface area (Å²) in [5.74, 6) is -0.498. The molecule has 5 nitrogen and oxygen atoms in total. The number of anilines is 1. The number of nitrogens with two attached hydrogens (primary N) is 1. The summed E-state index contributed by atoms with van der Waals surface area (Å²) in [6.45, 7) is 2.03. The summed E-state index contributed by atoms with van der Waals surface area (Å²) >= 11 is 0. The minimum absolute atomic E-state index is 0.0430. The van der Waals surface area contributed by atoms with Crippen LogP contribution in [0, 0.1) is 0 Å². The van der Waals surface area contributed by atoms with Gasteiger partial charge in [-0.15, -0.1) is 0 Å². The molecule has 1 aromatic carbocycles. The van der Waals surface area contributed by atoms with Gasteiger partial charge in [0.25, 0.3) is 10.9 Å². The van der Waals surface area contributed by atoms with Crippen LogP contribution in [0.15, 0.2) is 9.59 Å². The van der Waals surface area contributed by atoms with Crippen LogP contribution in [0.3, 0.4) is 0 Å². The highest BCUT2D eigenvalue weighted by Crippen LogP contribution is 2.15. The van der Waals surface area contributed by atoms with Crippen LogP contribution >= 0.6 is 0 Å². The maximum atomic E-state index is 10.9. The molecule has 0 saturated carbocycles. The van der Waals surface area contributed by atoms with Crippen molar-refractivity contribution in [3.8, 4) is 5.75 Å². The summed E-state index contributed by atoms with van der Waals surface area (Å²) in [6.07, 6.45) is 2.26. The lowest BCUT2D eigenvalue weighted by molar-refractivity contribution is 0.463. The van der Waals surface area contributed by atoms with Gasteiger partial charge < -0.3 is 16.2 Å². The number of nitrogens with one attached hydrogen (secondary N) is 1. The van der Waals surface area contributed by atoms with Crippen molar-refractivity contribution in [2.45, 2.75) is 32.4 Å². The molecule has 1 atom stereocenters. The van der Waals surface area contributed by atoms with Gasteiger partial charge in [0.15, 0.2) is 5.75 Å². The van der Waals surface area contributed by atoms with Crippen LogP contribution in [0.1, 0.15) is 26.2 Å². The molecule has 14 heavy (non-hydrogen) atoms. The molecule has 0 aliphatic heterocycles. The molecule has 0 spiro atoms. The SMILES string of the molecule is CCCCC(N)Nc1c(O)c(=O)c1=O. The number of unbranched alkanes of at least 4 members (excludes halogenated alkanes) is 1. The third-order valence-electron chi connectivity index (χ3n) is 2.08. The van der Waals surface area contributed by atoms with E-state index in [-0.39, 0.29) is 11.9 Å². The van der Waals surface area contributed by atoms with E-state index in [1.54, 1.807) is 0 Å². The second kappa shape index (κ2) is 4.23. The van der Waals surface area contributed by atoms with Crippen molar-refractivity contribution >= 4 is 5.69 Å². The highest BCUT2D eigenvalue weighted by atomic mass is 16.3. The van der Waals surface area contributed by atoms with E-state index >= 15 is 0 Å². The van der Waals surface area contributed by atoms with Gasteiger partial charge in [-0.1, -0.05) is 19.8 Å². The van der Waals surface area contributed by atoms with Crippen LogP contribution in [0.25, 0.3) is 0 Å². The maximum Gasteiger partial charge on any atom is 0.271 e. The first-order valence-electron chi connectivity index (χ1n) is 4.62. The van der Waals surface area contributed by atoms with Gasteiger partial charge in [-0.2, -0.15) is 0 Å². The van der Waals surface area contributed by atoms with E-state index in [9.17, 15) is 9.59 Å². The molecule has 1 unspecified atom stereocenters. The summed E-state index contributed by atoms with van der Waals surface area (Å²) in [4.78, 5) is 21.5. The van der Waals surface area contributed by atoms with Gasteiger partial charge in [-0.3, -0.25) is 9.59 Å². The highest BCUT2D eigenvalue weighted by molar-refractivity contribution is 5.61. The Hall–Kier alpha value is -1.36. The van der Waals surface area contributed by atoms with E-state index in [0.29, 0.717) is 6.42 Å². The molecule has 0 saturated heterocycles. The van der Waals surface area contributed by atoms with Crippen LogP contribution in [-0.2, 0) is 0 Å². The highest BCUT2D eigenvalue weighted by Gasteiger charge is 2.20. The molecule has 0 bridgehead atoms. The monoisotopic (exact) mass is 198 g/mol. The Balaban J connectivity index is 2.54. The normalized spacial score (nSPS) is 13.0. The van der Waals surface area contributed by atoms with E-state index in [1.807, 2.05) is 6.92 Å². The number of hydrogen-bond acceptors (Lipinski definition) is 5. The molecular formula is C9H14N2O3. The number of aromatic hydroxyl groups is 1. The largest absolute Gasteiger partial charge is 0.502 e. The van der Waals surface area contributed by atoms with Gasteiger partial charge in [-0.25, -0.2) is 0 Å². The molecule has 0 amide bonds. The van der Waals surface area contributed by atoms with Gasteiger partial charge in [0, 0.05) is 0 Å². The molecule has 4 N–H and O–H groups in total. The summed E-state index contributed by atoms with van der Waals surface area (Å²) < 4.78 is 0. The average molecular weight is 198 g/mol. The van der Waals surface area contributed by atoms with Crippen LogP contribution < -0.4 is 21.9 Å². The van der Waals surface area contributed by atoms with Gasteiger partial charge >= 0.3 is 0 Å². The van der Waals surface area contributed by atoms with Gasteiger partial charge in [0.1, 0.15) is 5.69 Å². The number of hydrogen-bond donors (Lipinski definition) is 3. The van der Waals surface area contributed by atoms with E-state index in [1.165, 1.54) is 0 Å². The fourth-order valence-electron chi connectivity index (χ4n) is 1.20. The summed E-state index contributed by atoms with van der Waals surface area (Å²) in [5, 5.41) is 11.6. The quantitative estimate of drug-likeness (QED) is 0.453. The first-order chi connectivity index (χ1) is 6.57. The molecule has 78 valence electrons. The molecule has 0 radical (unpaired) electrons. The molecule has 0 aliphatic rings. The minimum Gasteiger partial charge on any atom is -0.502 e. The maximum absolute atomic E-state index is 10.9. The molecule has 0 heterocycles.